The lowest BCUT2D eigenvalue weighted by molar-refractivity contribution is 0.0953. The average Bonchev–Trinajstić information content (AvgIpc) is 2.18. The molecule has 0 aromatic heterocycles. The van der Waals surface area contributed by atoms with Gasteiger partial charge in [-0.05, 0) is 57.1 Å². The molecule has 76 valence electrons. The highest BCUT2D eigenvalue weighted by atomic mass is 127. The van der Waals surface area contributed by atoms with E-state index < -0.39 is 0 Å². The van der Waals surface area contributed by atoms with Crippen LogP contribution < -0.4 is 5.32 Å². The number of carbonyl (C=O) groups excluding carboxylic acids is 1. The topological polar surface area (TPSA) is 29.1 Å². The maximum Gasteiger partial charge on any atom is 0.252 e. The van der Waals surface area contributed by atoms with Crippen LogP contribution >= 0.6 is 38.5 Å². The lowest BCUT2D eigenvalue weighted by Gasteiger charge is -2.06. The first-order chi connectivity index (χ1) is 6.66. The molecule has 0 aliphatic rings. The van der Waals surface area contributed by atoms with Crippen molar-refractivity contribution in [1.82, 2.24) is 5.32 Å². The van der Waals surface area contributed by atoms with Gasteiger partial charge < -0.3 is 5.32 Å². The minimum atomic E-state index is -0.0164. The van der Waals surface area contributed by atoms with Crippen LogP contribution in [-0.4, -0.2) is 12.5 Å². The number of rotatable bonds is 3. The highest BCUT2D eigenvalue weighted by Crippen LogP contribution is 2.23. The third kappa shape index (κ3) is 2.95. The number of benzene rings is 1. The summed E-state index contributed by atoms with van der Waals surface area (Å²) >= 11 is 5.60. The Hall–Kier alpha value is -0.100. The Balaban J connectivity index is 2.84. The molecular formula is C10H11BrINO. The summed E-state index contributed by atoms with van der Waals surface area (Å²) in [6, 6.07) is 5.66. The molecule has 1 rings (SSSR count). The van der Waals surface area contributed by atoms with E-state index in [1.165, 1.54) is 0 Å². The summed E-state index contributed by atoms with van der Waals surface area (Å²) in [5.41, 5.74) is 0.699. The molecule has 0 aliphatic heterocycles. The van der Waals surface area contributed by atoms with Gasteiger partial charge in [-0.2, -0.15) is 0 Å². The van der Waals surface area contributed by atoms with Crippen molar-refractivity contribution < 1.29 is 4.79 Å². The van der Waals surface area contributed by atoms with E-state index in [1.807, 2.05) is 25.1 Å². The van der Waals surface area contributed by atoms with Gasteiger partial charge in [0.05, 0.1) is 5.56 Å². The van der Waals surface area contributed by atoms with Crippen LogP contribution in [0.5, 0.6) is 0 Å². The van der Waals surface area contributed by atoms with E-state index in [2.05, 4.69) is 43.8 Å². The van der Waals surface area contributed by atoms with Gasteiger partial charge in [0.15, 0.2) is 0 Å². The van der Waals surface area contributed by atoms with Gasteiger partial charge in [0.25, 0.3) is 5.91 Å². The molecule has 0 bridgehead atoms. The van der Waals surface area contributed by atoms with Crippen LogP contribution in [0.3, 0.4) is 0 Å². The van der Waals surface area contributed by atoms with Gasteiger partial charge in [0, 0.05) is 14.6 Å². The lowest BCUT2D eigenvalue weighted by atomic mass is 10.2. The van der Waals surface area contributed by atoms with Crippen molar-refractivity contribution in [3.05, 3.63) is 31.8 Å². The van der Waals surface area contributed by atoms with Crippen LogP contribution in [0.1, 0.15) is 23.7 Å². The van der Waals surface area contributed by atoms with E-state index in [1.54, 1.807) is 0 Å². The average molecular weight is 368 g/mol. The SMILES string of the molecule is CCCNC(=O)c1cccc(I)c1Br. The molecule has 1 aromatic carbocycles. The Morgan fingerprint density at radius 3 is 2.93 bits per heavy atom. The fourth-order valence-corrected chi connectivity index (χ4v) is 1.96. The largest absolute Gasteiger partial charge is 0.352 e. The molecule has 0 saturated carbocycles. The Kier molecular flexibility index (Phi) is 4.88. The van der Waals surface area contributed by atoms with Gasteiger partial charge >= 0.3 is 0 Å². The molecule has 0 radical (unpaired) electrons. The number of nitrogens with one attached hydrogen (secondary N) is 1. The third-order valence-corrected chi connectivity index (χ3v) is 4.23. The summed E-state index contributed by atoms with van der Waals surface area (Å²) in [4.78, 5) is 11.6. The number of carbonyl (C=O) groups is 1. The number of amides is 1. The maximum absolute atomic E-state index is 11.6. The van der Waals surface area contributed by atoms with E-state index in [0.717, 1.165) is 21.0 Å². The second-order valence-electron chi connectivity index (χ2n) is 2.86. The first-order valence-electron chi connectivity index (χ1n) is 4.39. The molecule has 0 spiro atoms. The van der Waals surface area contributed by atoms with Crippen molar-refractivity contribution in [3.8, 4) is 0 Å². The molecular weight excluding hydrogens is 357 g/mol. The standard InChI is InChI=1S/C10H11BrINO/c1-2-6-13-10(14)7-4-3-5-8(12)9(7)11/h3-5H,2,6H2,1H3,(H,13,14). The van der Waals surface area contributed by atoms with Crippen molar-refractivity contribution in [1.29, 1.82) is 0 Å². The highest BCUT2D eigenvalue weighted by molar-refractivity contribution is 14.1. The van der Waals surface area contributed by atoms with Crippen LogP contribution in [0, 0.1) is 3.57 Å². The first-order valence-corrected chi connectivity index (χ1v) is 6.26. The molecule has 0 atom stereocenters. The molecule has 1 N–H and O–H groups in total. The van der Waals surface area contributed by atoms with Crippen molar-refractivity contribution in [3.63, 3.8) is 0 Å². The highest BCUT2D eigenvalue weighted by Gasteiger charge is 2.10. The smallest absolute Gasteiger partial charge is 0.252 e. The Bertz CT molecular complexity index is 341. The predicted molar refractivity (Wildman–Crippen MR) is 69.5 cm³/mol. The fraction of sp³-hybridized carbons (Fsp3) is 0.300. The van der Waals surface area contributed by atoms with Crippen LogP contribution in [0.15, 0.2) is 22.7 Å². The molecule has 0 unspecified atom stereocenters. The maximum atomic E-state index is 11.6. The predicted octanol–water partition coefficient (Wildman–Crippen LogP) is 3.19. The van der Waals surface area contributed by atoms with Crippen LogP contribution in [0.4, 0.5) is 0 Å². The summed E-state index contributed by atoms with van der Waals surface area (Å²) in [5.74, 6) is -0.0164. The molecule has 0 aliphatic carbocycles. The molecule has 0 fully saturated rings. The first kappa shape index (κ1) is 12.0. The van der Waals surface area contributed by atoms with Crippen LogP contribution in [0.25, 0.3) is 0 Å². The molecule has 14 heavy (non-hydrogen) atoms. The van der Waals surface area contributed by atoms with E-state index in [9.17, 15) is 4.79 Å². The quantitative estimate of drug-likeness (QED) is 0.816. The van der Waals surface area contributed by atoms with Gasteiger partial charge in [0.2, 0.25) is 0 Å². The van der Waals surface area contributed by atoms with E-state index in [-0.39, 0.29) is 5.91 Å². The third-order valence-electron chi connectivity index (χ3n) is 1.73. The zero-order valence-electron chi connectivity index (χ0n) is 7.81. The molecule has 1 amide bonds. The number of hydrogen-bond acceptors (Lipinski definition) is 1. The summed E-state index contributed by atoms with van der Waals surface area (Å²) in [6.45, 7) is 2.75. The minimum Gasteiger partial charge on any atom is -0.352 e. The second-order valence-corrected chi connectivity index (χ2v) is 4.81. The normalized spacial score (nSPS) is 9.93. The molecule has 4 heteroatoms. The summed E-state index contributed by atoms with van der Waals surface area (Å²) in [6.07, 6.45) is 0.952. The number of halogens is 2. The summed E-state index contributed by atoms with van der Waals surface area (Å²) in [7, 11) is 0. The van der Waals surface area contributed by atoms with Gasteiger partial charge in [-0.3, -0.25) is 4.79 Å². The zero-order chi connectivity index (χ0) is 10.6. The monoisotopic (exact) mass is 367 g/mol. The van der Waals surface area contributed by atoms with Crippen molar-refractivity contribution >= 4 is 44.4 Å². The van der Waals surface area contributed by atoms with Gasteiger partial charge in [-0.25, -0.2) is 0 Å². The van der Waals surface area contributed by atoms with E-state index >= 15 is 0 Å². The minimum absolute atomic E-state index is 0.0164. The van der Waals surface area contributed by atoms with E-state index in [4.69, 9.17) is 0 Å². The summed E-state index contributed by atoms with van der Waals surface area (Å²) < 4.78 is 1.92. The van der Waals surface area contributed by atoms with Crippen LogP contribution in [0.2, 0.25) is 0 Å². The Labute approximate surface area is 106 Å². The molecule has 0 heterocycles. The zero-order valence-corrected chi connectivity index (χ0v) is 11.6. The lowest BCUT2D eigenvalue weighted by Crippen LogP contribution is -2.24. The van der Waals surface area contributed by atoms with Gasteiger partial charge in [-0.15, -0.1) is 0 Å². The van der Waals surface area contributed by atoms with Crippen molar-refractivity contribution in [2.75, 3.05) is 6.54 Å². The van der Waals surface area contributed by atoms with Crippen LogP contribution in [-0.2, 0) is 0 Å². The second kappa shape index (κ2) is 5.70. The van der Waals surface area contributed by atoms with Crippen molar-refractivity contribution in [2.24, 2.45) is 0 Å². The molecule has 0 saturated heterocycles. The Morgan fingerprint density at radius 1 is 1.57 bits per heavy atom. The fourth-order valence-electron chi connectivity index (χ4n) is 1.01. The molecule has 1 aromatic rings. The van der Waals surface area contributed by atoms with E-state index in [0.29, 0.717) is 5.56 Å². The number of hydrogen-bond donors (Lipinski definition) is 1. The van der Waals surface area contributed by atoms with Gasteiger partial charge in [-0.1, -0.05) is 13.0 Å². The van der Waals surface area contributed by atoms with Gasteiger partial charge in [0.1, 0.15) is 0 Å². The Morgan fingerprint density at radius 2 is 2.29 bits per heavy atom. The summed E-state index contributed by atoms with van der Waals surface area (Å²) in [5, 5.41) is 2.84. The molecule has 2 nitrogen and oxygen atoms in total. The van der Waals surface area contributed by atoms with Crippen molar-refractivity contribution in [2.45, 2.75) is 13.3 Å².